The lowest BCUT2D eigenvalue weighted by Crippen LogP contribution is -2.14. The third kappa shape index (κ3) is 4.52. The van der Waals surface area contributed by atoms with Gasteiger partial charge in [-0.25, -0.2) is 0 Å². The Balaban J connectivity index is 1.90. The van der Waals surface area contributed by atoms with E-state index >= 15 is 0 Å². The smallest absolute Gasteiger partial charge is 0.234 e. The first kappa shape index (κ1) is 15.4. The minimum atomic E-state index is 0.0277. The van der Waals surface area contributed by atoms with Crippen LogP contribution in [0.1, 0.15) is 11.1 Å². The van der Waals surface area contributed by atoms with Gasteiger partial charge in [0.1, 0.15) is 0 Å². The molecule has 0 radical (unpaired) electrons. The molecule has 0 saturated heterocycles. The molecule has 0 heterocycles. The van der Waals surface area contributed by atoms with Gasteiger partial charge in [-0.3, -0.25) is 4.79 Å². The summed E-state index contributed by atoms with van der Waals surface area (Å²) in [6, 6.07) is 14.2. The second-order valence-electron chi connectivity index (χ2n) is 4.61. The molecule has 0 aromatic heterocycles. The molecule has 0 unspecified atom stereocenters. The number of nitrogens with one attached hydrogen (secondary N) is 1. The molecule has 0 aliphatic rings. The molecule has 2 rings (SSSR count). The lowest BCUT2D eigenvalue weighted by Gasteiger charge is -2.08. The second kappa shape index (κ2) is 7.13. The summed E-state index contributed by atoms with van der Waals surface area (Å²) in [5, 5.41) is 2.96. The zero-order chi connectivity index (χ0) is 14.5. The molecule has 0 aliphatic heterocycles. The zero-order valence-electron chi connectivity index (χ0n) is 11.4. The summed E-state index contributed by atoms with van der Waals surface area (Å²) in [5.41, 5.74) is 3.21. The van der Waals surface area contributed by atoms with Gasteiger partial charge in [-0.2, -0.15) is 0 Å². The van der Waals surface area contributed by atoms with Crippen LogP contribution < -0.4 is 5.32 Å². The lowest BCUT2D eigenvalue weighted by atomic mass is 10.2. The Morgan fingerprint density at radius 2 is 1.85 bits per heavy atom. The highest BCUT2D eigenvalue weighted by atomic mass is 127. The van der Waals surface area contributed by atoms with Crippen molar-refractivity contribution < 1.29 is 4.79 Å². The van der Waals surface area contributed by atoms with Crippen molar-refractivity contribution in [3.63, 3.8) is 0 Å². The van der Waals surface area contributed by atoms with E-state index in [1.165, 1.54) is 9.13 Å². The quantitative estimate of drug-likeness (QED) is 0.602. The van der Waals surface area contributed by atoms with E-state index in [-0.39, 0.29) is 5.91 Å². The van der Waals surface area contributed by atoms with Crippen molar-refractivity contribution in [3.05, 3.63) is 57.2 Å². The first-order valence-electron chi connectivity index (χ1n) is 6.30. The van der Waals surface area contributed by atoms with E-state index < -0.39 is 0 Å². The van der Waals surface area contributed by atoms with Crippen molar-refractivity contribution in [2.24, 2.45) is 0 Å². The predicted octanol–water partition coefficient (Wildman–Crippen LogP) is 4.64. The molecule has 1 amide bonds. The number of halogens is 1. The number of carbonyl (C=O) groups excluding carboxylic acids is 1. The number of benzene rings is 2. The molecule has 0 spiro atoms. The van der Waals surface area contributed by atoms with Gasteiger partial charge in [-0.1, -0.05) is 17.7 Å². The number of anilines is 1. The minimum Gasteiger partial charge on any atom is -0.325 e. The molecule has 0 bridgehead atoms. The maximum absolute atomic E-state index is 12.0. The van der Waals surface area contributed by atoms with E-state index in [2.05, 4.69) is 53.0 Å². The number of hydrogen-bond donors (Lipinski definition) is 1. The Morgan fingerprint density at radius 3 is 2.50 bits per heavy atom. The van der Waals surface area contributed by atoms with E-state index in [1.807, 2.05) is 31.2 Å². The van der Waals surface area contributed by atoms with E-state index in [4.69, 9.17) is 0 Å². The lowest BCUT2D eigenvalue weighted by molar-refractivity contribution is -0.113. The maximum atomic E-state index is 12.0. The summed E-state index contributed by atoms with van der Waals surface area (Å²) in [4.78, 5) is 13.1. The Kier molecular flexibility index (Phi) is 5.48. The van der Waals surface area contributed by atoms with Crippen molar-refractivity contribution in [1.82, 2.24) is 0 Å². The van der Waals surface area contributed by atoms with Gasteiger partial charge >= 0.3 is 0 Å². The molecule has 104 valence electrons. The molecule has 1 N–H and O–H groups in total. The summed E-state index contributed by atoms with van der Waals surface area (Å²) >= 11 is 3.82. The highest BCUT2D eigenvalue weighted by Crippen LogP contribution is 2.20. The van der Waals surface area contributed by atoms with Crippen molar-refractivity contribution in [2.45, 2.75) is 18.7 Å². The largest absolute Gasteiger partial charge is 0.325 e. The number of thioether (sulfide) groups is 1. The van der Waals surface area contributed by atoms with Crippen molar-refractivity contribution in [1.29, 1.82) is 0 Å². The van der Waals surface area contributed by atoms with Gasteiger partial charge < -0.3 is 5.32 Å². The average Bonchev–Trinajstić information content (AvgIpc) is 2.41. The third-order valence-corrected chi connectivity index (χ3v) is 4.54. The molecular formula is C16H16INOS. The monoisotopic (exact) mass is 397 g/mol. The summed E-state index contributed by atoms with van der Waals surface area (Å²) in [6.45, 7) is 4.06. The highest BCUT2D eigenvalue weighted by Gasteiger charge is 2.06. The van der Waals surface area contributed by atoms with Gasteiger partial charge in [0, 0.05) is 14.2 Å². The van der Waals surface area contributed by atoms with Crippen LogP contribution in [-0.4, -0.2) is 11.7 Å². The molecule has 2 aromatic carbocycles. The van der Waals surface area contributed by atoms with Gasteiger partial charge in [-0.05, 0) is 72.3 Å². The second-order valence-corrected chi connectivity index (χ2v) is 6.90. The van der Waals surface area contributed by atoms with E-state index in [1.54, 1.807) is 11.8 Å². The van der Waals surface area contributed by atoms with Crippen LogP contribution in [-0.2, 0) is 4.79 Å². The fourth-order valence-corrected chi connectivity index (χ4v) is 3.08. The van der Waals surface area contributed by atoms with Crippen LogP contribution in [0, 0.1) is 17.4 Å². The summed E-state index contributed by atoms with van der Waals surface area (Å²) in [5.74, 6) is 0.453. The van der Waals surface area contributed by atoms with Crippen LogP contribution in [0.3, 0.4) is 0 Å². The molecule has 0 fully saturated rings. The molecule has 20 heavy (non-hydrogen) atoms. The van der Waals surface area contributed by atoms with E-state index in [0.29, 0.717) is 5.75 Å². The molecule has 0 saturated carbocycles. The number of rotatable bonds is 4. The Labute approximate surface area is 137 Å². The van der Waals surface area contributed by atoms with Crippen LogP contribution in [0.15, 0.2) is 47.4 Å². The van der Waals surface area contributed by atoms with Gasteiger partial charge in [0.2, 0.25) is 5.91 Å². The van der Waals surface area contributed by atoms with Crippen LogP contribution >= 0.6 is 34.4 Å². The van der Waals surface area contributed by atoms with Gasteiger partial charge in [-0.15, -0.1) is 11.8 Å². The van der Waals surface area contributed by atoms with Crippen LogP contribution in [0.5, 0.6) is 0 Å². The zero-order valence-corrected chi connectivity index (χ0v) is 14.4. The Hall–Kier alpha value is -1.01. The maximum Gasteiger partial charge on any atom is 0.234 e. The fourth-order valence-electron chi connectivity index (χ4n) is 1.74. The SMILES string of the molecule is Cc1ccc(SCC(=O)Nc2ccc(I)cc2C)cc1. The van der Waals surface area contributed by atoms with Gasteiger partial charge in [0.15, 0.2) is 0 Å². The van der Waals surface area contributed by atoms with E-state index in [0.717, 1.165) is 16.1 Å². The molecule has 0 atom stereocenters. The highest BCUT2D eigenvalue weighted by molar-refractivity contribution is 14.1. The van der Waals surface area contributed by atoms with E-state index in [9.17, 15) is 4.79 Å². The molecule has 4 heteroatoms. The molecule has 2 nitrogen and oxygen atoms in total. The summed E-state index contributed by atoms with van der Waals surface area (Å²) < 4.78 is 1.17. The van der Waals surface area contributed by atoms with Gasteiger partial charge in [0.05, 0.1) is 5.75 Å². The first-order chi connectivity index (χ1) is 9.54. The fraction of sp³-hybridized carbons (Fsp3) is 0.188. The average molecular weight is 397 g/mol. The van der Waals surface area contributed by atoms with Crippen molar-refractivity contribution in [3.8, 4) is 0 Å². The molecule has 0 aliphatic carbocycles. The number of aryl methyl sites for hydroxylation is 2. The predicted molar refractivity (Wildman–Crippen MR) is 94.4 cm³/mol. The standard InChI is InChI=1S/C16H16INOS/c1-11-3-6-14(7-4-11)20-10-16(19)18-15-8-5-13(17)9-12(15)2/h3-9H,10H2,1-2H3,(H,18,19). The topological polar surface area (TPSA) is 29.1 Å². The van der Waals surface area contributed by atoms with Crippen molar-refractivity contribution in [2.75, 3.05) is 11.1 Å². The van der Waals surface area contributed by atoms with Crippen molar-refractivity contribution >= 4 is 45.9 Å². The molecular weight excluding hydrogens is 381 g/mol. The number of hydrogen-bond acceptors (Lipinski definition) is 2. The molecule has 2 aromatic rings. The van der Waals surface area contributed by atoms with Crippen LogP contribution in [0.4, 0.5) is 5.69 Å². The minimum absolute atomic E-state index is 0.0277. The first-order valence-corrected chi connectivity index (χ1v) is 8.36. The Bertz CT molecular complexity index is 610. The summed E-state index contributed by atoms with van der Waals surface area (Å²) in [7, 11) is 0. The third-order valence-electron chi connectivity index (χ3n) is 2.85. The van der Waals surface area contributed by atoms with Crippen LogP contribution in [0.25, 0.3) is 0 Å². The van der Waals surface area contributed by atoms with Crippen LogP contribution in [0.2, 0.25) is 0 Å². The number of amides is 1. The normalized spacial score (nSPS) is 10.3. The summed E-state index contributed by atoms with van der Waals surface area (Å²) in [6.07, 6.45) is 0. The number of carbonyl (C=O) groups is 1. The van der Waals surface area contributed by atoms with Gasteiger partial charge in [0.25, 0.3) is 0 Å². The Morgan fingerprint density at radius 1 is 1.15 bits per heavy atom.